The molecule has 0 spiro atoms. The van der Waals surface area contributed by atoms with E-state index in [1.165, 1.54) is 18.4 Å². The van der Waals surface area contributed by atoms with Gasteiger partial charge in [-0.05, 0) is 62.6 Å². The second-order valence-corrected chi connectivity index (χ2v) is 7.36. The Morgan fingerprint density at radius 1 is 1.21 bits per heavy atom. The zero-order valence-electron chi connectivity index (χ0n) is 14.9. The second-order valence-electron chi connectivity index (χ2n) is 7.36. The summed E-state index contributed by atoms with van der Waals surface area (Å²) < 4.78 is 5.56. The fourth-order valence-electron chi connectivity index (χ4n) is 3.70. The number of carbonyl (C=O) groups excluding carboxylic acids is 1. The van der Waals surface area contributed by atoms with Crippen LogP contribution < -0.4 is 5.32 Å². The first-order valence-corrected chi connectivity index (χ1v) is 8.91. The number of furan rings is 1. The van der Waals surface area contributed by atoms with Gasteiger partial charge in [0.1, 0.15) is 5.76 Å². The van der Waals surface area contributed by atoms with E-state index in [9.17, 15) is 4.79 Å². The summed E-state index contributed by atoms with van der Waals surface area (Å²) in [5, 5.41) is 3.13. The molecule has 3 nitrogen and oxygen atoms in total. The number of amides is 1. The summed E-state index contributed by atoms with van der Waals surface area (Å²) in [6.45, 7) is 6.84. The first-order chi connectivity index (χ1) is 11.5. The van der Waals surface area contributed by atoms with Gasteiger partial charge in [-0.3, -0.25) is 4.79 Å². The Morgan fingerprint density at radius 2 is 1.88 bits per heavy atom. The predicted molar refractivity (Wildman–Crippen MR) is 96.3 cm³/mol. The smallest absolute Gasteiger partial charge is 0.287 e. The lowest BCUT2D eigenvalue weighted by atomic mass is 9.67. The van der Waals surface area contributed by atoms with Gasteiger partial charge in [0, 0.05) is 12.0 Å². The Labute approximate surface area is 144 Å². The highest BCUT2D eigenvalue weighted by Gasteiger charge is 2.36. The van der Waals surface area contributed by atoms with Crippen molar-refractivity contribution in [2.45, 2.75) is 51.9 Å². The van der Waals surface area contributed by atoms with Crippen LogP contribution in [0.15, 0.2) is 40.8 Å². The lowest BCUT2D eigenvalue weighted by Crippen LogP contribution is -2.43. The van der Waals surface area contributed by atoms with E-state index in [1.807, 2.05) is 19.9 Å². The highest BCUT2D eigenvalue weighted by atomic mass is 16.3. The van der Waals surface area contributed by atoms with Crippen molar-refractivity contribution in [3.8, 4) is 0 Å². The molecule has 0 radical (unpaired) electrons. The van der Waals surface area contributed by atoms with Crippen LogP contribution in [-0.2, 0) is 5.41 Å². The molecule has 1 amide bonds. The summed E-state index contributed by atoms with van der Waals surface area (Å²) in [5.74, 6) is 1.88. The summed E-state index contributed by atoms with van der Waals surface area (Å²) in [4.78, 5) is 12.5. The summed E-state index contributed by atoms with van der Waals surface area (Å²) in [6, 6.07) is 12.5. The SMILES string of the molecule is Cc1cc(C(=O)NCC2(c3ccccc3)CCC(C)CC2)oc1C. The highest BCUT2D eigenvalue weighted by molar-refractivity contribution is 5.91. The Kier molecular flexibility index (Phi) is 4.79. The summed E-state index contributed by atoms with van der Waals surface area (Å²) in [7, 11) is 0. The highest BCUT2D eigenvalue weighted by Crippen LogP contribution is 2.41. The molecule has 1 saturated carbocycles. The molecular weight excluding hydrogens is 298 g/mol. The third-order valence-corrected chi connectivity index (χ3v) is 5.59. The molecule has 1 fully saturated rings. The number of aryl methyl sites for hydroxylation is 2. The van der Waals surface area contributed by atoms with Crippen LogP contribution >= 0.6 is 0 Å². The van der Waals surface area contributed by atoms with E-state index in [1.54, 1.807) is 0 Å². The van der Waals surface area contributed by atoms with Gasteiger partial charge >= 0.3 is 0 Å². The minimum Gasteiger partial charge on any atom is -0.456 e. The van der Waals surface area contributed by atoms with Crippen molar-refractivity contribution in [1.82, 2.24) is 5.32 Å². The zero-order chi connectivity index (χ0) is 17.2. The number of rotatable bonds is 4. The molecule has 1 aromatic carbocycles. The molecule has 1 N–H and O–H groups in total. The third kappa shape index (κ3) is 3.40. The van der Waals surface area contributed by atoms with Gasteiger partial charge in [0.15, 0.2) is 5.76 Å². The Morgan fingerprint density at radius 3 is 2.46 bits per heavy atom. The first-order valence-electron chi connectivity index (χ1n) is 8.91. The van der Waals surface area contributed by atoms with Crippen molar-refractivity contribution >= 4 is 5.91 Å². The molecule has 0 bridgehead atoms. The molecule has 1 aliphatic carbocycles. The second kappa shape index (κ2) is 6.84. The normalized spacial score (nSPS) is 23.9. The zero-order valence-corrected chi connectivity index (χ0v) is 14.9. The van der Waals surface area contributed by atoms with Crippen LogP contribution in [0.25, 0.3) is 0 Å². The molecule has 1 aliphatic rings. The molecular formula is C21H27NO2. The van der Waals surface area contributed by atoms with Crippen LogP contribution in [0.4, 0.5) is 0 Å². The number of hydrogen-bond acceptors (Lipinski definition) is 2. The molecule has 0 atom stereocenters. The molecule has 1 aromatic heterocycles. The fraction of sp³-hybridized carbons (Fsp3) is 0.476. The van der Waals surface area contributed by atoms with Crippen molar-refractivity contribution in [1.29, 1.82) is 0 Å². The van der Waals surface area contributed by atoms with Crippen molar-refractivity contribution in [3.05, 3.63) is 59.0 Å². The molecule has 0 unspecified atom stereocenters. The van der Waals surface area contributed by atoms with Gasteiger partial charge in [0.25, 0.3) is 5.91 Å². The monoisotopic (exact) mass is 325 g/mol. The van der Waals surface area contributed by atoms with Gasteiger partial charge in [-0.1, -0.05) is 37.3 Å². The summed E-state index contributed by atoms with van der Waals surface area (Å²) >= 11 is 0. The molecule has 3 heteroatoms. The molecule has 24 heavy (non-hydrogen) atoms. The van der Waals surface area contributed by atoms with E-state index in [-0.39, 0.29) is 11.3 Å². The van der Waals surface area contributed by atoms with Crippen LogP contribution in [0.1, 0.15) is 60.0 Å². The minimum absolute atomic E-state index is 0.0418. The maximum absolute atomic E-state index is 12.5. The van der Waals surface area contributed by atoms with E-state index in [4.69, 9.17) is 4.42 Å². The van der Waals surface area contributed by atoms with Gasteiger partial charge in [-0.2, -0.15) is 0 Å². The van der Waals surface area contributed by atoms with E-state index >= 15 is 0 Å². The number of benzene rings is 1. The summed E-state index contributed by atoms with van der Waals surface area (Å²) in [6.07, 6.45) is 4.66. The van der Waals surface area contributed by atoms with Crippen LogP contribution in [0.3, 0.4) is 0 Å². The molecule has 128 valence electrons. The Bertz CT molecular complexity index is 674. The molecule has 0 saturated heterocycles. The van der Waals surface area contributed by atoms with Gasteiger partial charge in [0.2, 0.25) is 0 Å². The van der Waals surface area contributed by atoms with Crippen molar-refractivity contribution in [2.24, 2.45) is 5.92 Å². The van der Waals surface area contributed by atoms with Crippen LogP contribution in [0, 0.1) is 19.8 Å². The number of carbonyl (C=O) groups is 1. The van der Waals surface area contributed by atoms with Crippen molar-refractivity contribution in [3.63, 3.8) is 0 Å². The van der Waals surface area contributed by atoms with Gasteiger partial charge in [-0.15, -0.1) is 0 Å². The maximum atomic E-state index is 12.5. The van der Waals surface area contributed by atoms with Gasteiger partial charge in [-0.25, -0.2) is 0 Å². The van der Waals surface area contributed by atoms with Gasteiger partial charge < -0.3 is 9.73 Å². The van der Waals surface area contributed by atoms with E-state index in [0.29, 0.717) is 12.3 Å². The maximum Gasteiger partial charge on any atom is 0.287 e. The minimum atomic E-state index is -0.111. The molecule has 2 aromatic rings. The Hall–Kier alpha value is -2.03. The standard InChI is InChI=1S/C21H27NO2/c1-15-9-11-21(12-10-15,18-7-5-4-6-8-18)14-22-20(23)19-13-16(2)17(3)24-19/h4-8,13,15H,9-12,14H2,1-3H3,(H,22,23). The van der Waals surface area contributed by atoms with Crippen LogP contribution in [0.2, 0.25) is 0 Å². The first kappa shape index (κ1) is 16.8. The van der Waals surface area contributed by atoms with E-state index in [0.717, 1.165) is 30.1 Å². The lowest BCUT2D eigenvalue weighted by Gasteiger charge is -2.40. The number of hydrogen-bond donors (Lipinski definition) is 1. The van der Waals surface area contributed by atoms with E-state index < -0.39 is 0 Å². The van der Waals surface area contributed by atoms with Crippen LogP contribution in [-0.4, -0.2) is 12.5 Å². The predicted octanol–water partition coefficient (Wildman–Crippen LogP) is 4.77. The average molecular weight is 325 g/mol. The van der Waals surface area contributed by atoms with Crippen LogP contribution in [0.5, 0.6) is 0 Å². The Balaban J connectivity index is 1.76. The molecule has 0 aliphatic heterocycles. The average Bonchev–Trinajstić information content (AvgIpc) is 2.94. The topological polar surface area (TPSA) is 42.2 Å². The lowest BCUT2D eigenvalue weighted by molar-refractivity contribution is 0.0904. The fourth-order valence-corrected chi connectivity index (χ4v) is 3.70. The van der Waals surface area contributed by atoms with Gasteiger partial charge in [0.05, 0.1) is 0 Å². The third-order valence-electron chi connectivity index (χ3n) is 5.59. The molecule has 1 heterocycles. The largest absolute Gasteiger partial charge is 0.456 e. The molecule has 3 rings (SSSR count). The van der Waals surface area contributed by atoms with E-state index in [2.05, 4.69) is 42.6 Å². The number of nitrogens with one attached hydrogen (secondary N) is 1. The van der Waals surface area contributed by atoms with Crippen molar-refractivity contribution < 1.29 is 9.21 Å². The van der Waals surface area contributed by atoms with Crippen molar-refractivity contribution in [2.75, 3.05) is 6.54 Å². The quantitative estimate of drug-likeness (QED) is 0.879. The summed E-state index contributed by atoms with van der Waals surface area (Å²) in [5.41, 5.74) is 2.40.